The largest absolute Gasteiger partial charge is 0.331 e. The van der Waals surface area contributed by atoms with Crippen LogP contribution in [0.5, 0.6) is 0 Å². The first kappa shape index (κ1) is 8.01. The highest BCUT2D eigenvalue weighted by molar-refractivity contribution is 9.10. The fraction of sp³-hybridized carbons (Fsp3) is 0.143. The van der Waals surface area contributed by atoms with Crippen molar-refractivity contribution < 1.29 is 0 Å². The molecule has 0 aromatic carbocycles. The van der Waals surface area contributed by atoms with Gasteiger partial charge in [-0.1, -0.05) is 11.6 Å². The van der Waals surface area contributed by atoms with Gasteiger partial charge in [0.05, 0.1) is 11.3 Å². The van der Waals surface area contributed by atoms with Crippen LogP contribution in [-0.4, -0.2) is 14.5 Å². The molecule has 2 aromatic heterocycles. The number of pyridine rings is 1. The molecule has 0 saturated heterocycles. The first-order valence-corrected chi connectivity index (χ1v) is 4.48. The van der Waals surface area contributed by atoms with E-state index >= 15 is 0 Å². The molecule has 0 aliphatic rings. The van der Waals surface area contributed by atoms with Crippen LogP contribution in [-0.2, 0) is 7.05 Å². The summed E-state index contributed by atoms with van der Waals surface area (Å²) in [4.78, 5) is 8.23. The van der Waals surface area contributed by atoms with Gasteiger partial charge in [0, 0.05) is 7.05 Å². The summed E-state index contributed by atoms with van der Waals surface area (Å²) in [6.07, 6.45) is 1.69. The number of rotatable bonds is 0. The maximum atomic E-state index is 5.98. The number of hydrogen-bond acceptors (Lipinski definition) is 2. The molecule has 5 heteroatoms. The molecule has 0 N–H and O–H groups in total. The Morgan fingerprint density at radius 2 is 2.33 bits per heavy atom. The summed E-state index contributed by atoms with van der Waals surface area (Å²) >= 11 is 9.23. The normalized spacial score (nSPS) is 10.9. The van der Waals surface area contributed by atoms with E-state index in [2.05, 4.69) is 25.9 Å². The molecule has 0 atom stereocenters. The Hall–Kier alpha value is -0.610. The molecule has 0 saturated carbocycles. The van der Waals surface area contributed by atoms with Crippen molar-refractivity contribution in [1.82, 2.24) is 14.5 Å². The zero-order valence-corrected chi connectivity index (χ0v) is 8.59. The van der Waals surface area contributed by atoms with E-state index in [9.17, 15) is 0 Å². The fourth-order valence-corrected chi connectivity index (χ4v) is 1.93. The second-order valence-corrected chi connectivity index (χ2v) is 3.67. The van der Waals surface area contributed by atoms with Gasteiger partial charge in [0.25, 0.3) is 0 Å². The number of imidazole rings is 1. The van der Waals surface area contributed by atoms with E-state index in [0.717, 1.165) is 5.52 Å². The molecule has 12 heavy (non-hydrogen) atoms. The van der Waals surface area contributed by atoms with Crippen LogP contribution < -0.4 is 0 Å². The first-order chi connectivity index (χ1) is 5.68. The van der Waals surface area contributed by atoms with E-state index in [1.54, 1.807) is 12.4 Å². The maximum absolute atomic E-state index is 5.98. The number of aromatic nitrogens is 3. The molecule has 0 spiro atoms. The van der Waals surface area contributed by atoms with Gasteiger partial charge in [0.15, 0.2) is 5.65 Å². The van der Waals surface area contributed by atoms with Gasteiger partial charge in [-0.25, -0.2) is 9.97 Å². The van der Waals surface area contributed by atoms with Crippen LogP contribution in [0, 0.1) is 0 Å². The van der Waals surface area contributed by atoms with Gasteiger partial charge in [-0.3, -0.25) is 0 Å². The van der Waals surface area contributed by atoms with Crippen molar-refractivity contribution in [3.8, 4) is 0 Å². The number of hydrogen-bond donors (Lipinski definition) is 0. The molecule has 0 unspecified atom stereocenters. The fourth-order valence-electron chi connectivity index (χ4n) is 1.08. The highest BCUT2D eigenvalue weighted by atomic mass is 79.9. The van der Waals surface area contributed by atoms with E-state index in [0.29, 0.717) is 15.3 Å². The average molecular weight is 246 g/mol. The first-order valence-electron chi connectivity index (χ1n) is 3.31. The molecule has 3 nitrogen and oxygen atoms in total. The lowest BCUT2D eigenvalue weighted by Gasteiger charge is -1.96. The SMILES string of the molecule is Cn1cnc2nc(Br)cc(Cl)c21. The van der Waals surface area contributed by atoms with Gasteiger partial charge < -0.3 is 4.57 Å². The van der Waals surface area contributed by atoms with Crippen molar-refractivity contribution in [3.05, 3.63) is 22.0 Å². The van der Waals surface area contributed by atoms with Gasteiger partial charge >= 0.3 is 0 Å². The zero-order valence-electron chi connectivity index (χ0n) is 6.25. The molecule has 0 fully saturated rings. The van der Waals surface area contributed by atoms with Gasteiger partial charge in [-0.05, 0) is 22.0 Å². The van der Waals surface area contributed by atoms with Crippen LogP contribution in [0.3, 0.4) is 0 Å². The molecule has 0 bridgehead atoms. The molecule has 2 heterocycles. The number of halogens is 2. The van der Waals surface area contributed by atoms with Crippen LogP contribution in [0.15, 0.2) is 17.0 Å². The van der Waals surface area contributed by atoms with Crippen LogP contribution in [0.25, 0.3) is 11.2 Å². The standard InChI is InChI=1S/C7H5BrClN3/c1-12-3-10-7-6(12)4(9)2-5(8)11-7/h2-3H,1H3. The molecule has 0 aliphatic heterocycles. The van der Waals surface area contributed by atoms with Crippen LogP contribution in [0.4, 0.5) is 0 Å². The van der Waals surface area contributed by atoms with Crippen molar-refractivity contribution in [2.24, 2.45) is 7.05 Å². The molecule has 0 amide bonds. The van der Waals surface area contributed by atoms with E-state index in [1.165, 1.54) is 0 Å². The Balaban J connectivity index is 2.93. The van der Waals surface area contributed by atoms with E-state index in [4.69, 9.17) is 11.6 Å². The molecule has 0 aliphatic carbocycles. The molecule has 2 aromatic rings. The minimum absolute atomic E-state index is 0.659. The molecule has 2 rings (SSSR count). The zero-order chi connectivity index (χ0) is 8.72. The van der Waals surface area contributed by atoms with E-state index in [-0.39, 0.29) is 0 Å². The number of fused-ring (bicyclic) bond motifs is 1. The Kier molecular flexibility index (Phi) is 1.81. The Morgan fingerprint density at radius 3 is 3.08 bits per heavy atom. The van der Waals surface area contributed by atoms with Crippen molar-refractivity contribution in [2.45, 2.75) is 0 Å². The van der Waals surface area contributed by atoms with Crippen LogP contribution in [0.1, 0.15) is 0 Å². The molecular formula is C7H5BrClN3. The van der Waals surface area contributed by atoms with Crippen molar-refractivity contribution >= 4 is 38.7 Å². The highest BCUT2D eigenvalue weighted by Gasteiger charge is 2.06. The number of nitrogens with zero attached hydrogens (tertiary/aromatic N) is 3. The van der Waals surface area contributed by atoms with Crippen molar-refractivity contribution in [3.63, 3.8) is 0 Å². The third kappa shape index (κ3) is 1.11. The predicted molar refractivity (Wildman–Crippen MR) is 51.2 cm³/mol. The summed E-state index contributed by atoms with van der Waals surface area (Å²) in [7, 11) is 1.89. The summed E-state index contributed by atoms with van der Waals surface area (Å²) in [6, 6.07) is 1.76. The third-order valence-corrected chi connectivity index (χ3v) is 2.30. The summed E-state index contributed by atoms with van der Waals surface area (Å²) in [5.41, 5.74) is 1.52. The Labute approximate surface area is 82.5 Å². The van der Waals surface area contributed by atoms with Crippen molar-refractivity contribution in [1.29, 1.82) is 0 Å². The summed E-state index contributed by atoms with van der Waals surface area (Å²) < 4.78 is 2.55. The second-order valence-electron chi connectivity index (χ2n) is 2.45. The van der Waals surface area contributed by atoms with Gasteiger partial charge in [-0.15, -0.1) is 0 Å². The van der Waals surface area contributed by atoms with Crippen LogP contribution >= 0.6 is 27.5 Å². The number of aryl methyl sites for hydroxylation is 1. The topological polar surface area (TPSA) is 30.7 Å². The molecular weight excluding hydrogens is 241 g/mol. The monoisotopic (exact) mass is 245 g/mol. The minimum Gasteiger partial charge on any atom is -0.331 e. The summed E-state index contributed by atoms with van der Waals surface area (Å²) in [5, 5.41) is 0.659. The van der Waals surface area contributed by atoms with Gasteiger partial charge in [-0.2, -0.15) is 0 Å². The van der Waals surface area contributed by atoms with E-state index < -0.39 is 0 Å². The minimum atomic E-state index is 0.659. The lowest BCUT2D eigenvalue weighted by molar-refractivity contribution is 0.947. The average Bonchev–Trinajstić information content (AvgIpc) is 2.31. The lowest BCUT2D eigenvalue weighted by Crippen LogP contribution is -1.86. The third-order valence-electron chi connectivity index (χ3n) is 1.60. The lowest BCUT2D eigenvalue weighted by atomic mass is 10.4. The summed E-state index contributed by atoms with van der Waals surface area (Å²) in [6.45, 7) is 0. The molecule has 62 valence electrons. The van der Waals surface area contributed by atoms with E-state index in [1.807, 2.05) is 11.6 Å². The quantitative estimate of drug-likeness (QED) is 0.668. The summed E-state index contributed by atoms with van der Waals surface area (Å²) in [5.74, 6) is 0. The smallest absolute Gasteiger partial charge is 0.180 e. The second kappa shape index (κ2) is 2.71. The Bertz CT molecular complexity index is 437. The van der Waals surface area contributed by atoms with Crippen molar-refractivity contribution in [2.75, 3.05) is 0 Å². The highest BCUT2D eigenvalue weighted by Crippen LogP contribution is 2.23. The maximum Gasteiger partial charge on any atom is 0.180 e. The molecule has 0 radical (unpaired) electrons. The predicted octanol–water partition coefficient (Wildman–Crippen LogP) is 2.38. The Morgan fingerprint density at radius 1 is 1.58 bits per heavy atom. The van der Waals surface area contributed by atoms with Gasteiger partial charge in [0.1, 0.15) is 10.1 Å². The van der Waals surface area contributed by atoms with Crippen LogP contribution in [0.2, 0.25) is 5.02 Å². The van der Waals surface area contributed by atoms with Gasteiger partial charge in [0.2, 0.25) is 0 Å².